The molecule has 0 amide bonds. The van der Waals surface area contributed by atoms with Gasteiger partial charge in [-0.2, -0.15) is 0 Å². The van der Waals surface area contributed by atoms with Crippen LogP contribution in [0.15, 0.2) is 24.3 Å². The molecule has 3 rings (SSSR count). The fourth-order valence-electron chi connectivity index (χ4n) is 3.22. The lowest BCUT2D eigenvalue weighted by Gasteiger charge is -2.46. The van der Waals surface area contributed by atoms with Crippen molar-refractivity contribution in [1.29, 1.82) is 0 Å². The van der Waals surface area contributed by atoms with E-state index in [4.69, 9.17) is 15.2 Å². The van der Waals surface area contributed by atoms with Crippen LogP contribution in [0.3, 0.4) is 0 Å². The number of hydrogen-bond acceptors (Lipinski definition) is 3. The van der Waals surface area contributed by atoms with Gasteiger partial charge in [-0.05, 0) is 43.4 Å². The van der Waals surface area contributed by atoms with Gasteiger partial charge in [-0.25, -0.2) is 0 Å². The van der Waals surface area contributed by atoms with Crippen molar-refractivity contribution >= 4 is 0 Å². The summed E-state index contributed by atoms with van der Waals surface area (Å²) in [5.74, 6) is 0.957. The Kier molecular flexibility index (Phi) is 3.99. The predicted octanol–water partition coefficient (Wildman–Crippen LogP) is 3.58. The Balaban J connectivity index is 1.60. The number of hydrogen-bond donors (Lipinski definition) is 1. The van der Waals surface area contributed by atoms with E-state index in [1.54, 1.807) is 0 Å². The van der Waals surface area contributed by atoms with E-state index < -0.39 is 0 Å². The Labute approximate surface area is 121 Å². The Morgan fingerprint density at radius 3 is 2.70 bits per heavy atom. The summed E-state index contributed by atoms with van der Waals surface area (Å²) in [6.45, 7) is 2.94. The van der Waals surface area contributed by atoms with Gasteiger partial charge in [-0.3, -0.25) is 0 Å². The number of benzene rings is 1. The minimum Gasteiger partial charge on any atom is -0.490 e. The highest BCUT2D eigenvalue weighted by molar-refractivity contribution is 5.29. The summed E-state index contributed by atoms with van der Waals surface area (Å²) in [6, 6.07) is 8.40. The van der Waals surface area contributed by atoms with E-state index in [-0.39, 0.29) is 11.6 Å². The van der Waals surface area contributed by atoms with Crippen LogP contribution >= 0.6 is 0 Å². The first-order valence-electron chi connectivity index (χ1n) is 7.87. The second kappa shape index (κ2) is 5.74. The quantitative estimate of drug-likeness (QED) is 0.913. The molecule has 1 unspecified atom stereocenters. The third-order valence-corrected chi connectivity index (χ3v) is 4.76. The van der Waals surface area contributed by atoms with Gasteiger partial charge in [0.1, 0.15) is 11.9 Å². The Hall–Kier alpha value is -1.06. The fraction of sp³-hybridized carbons (Fsp3) is 0.647. The van der Waals surface area contributed by atoms with Crippen molar-refractivity contribution in [2.24, 2.45) is 5.73 Å². The molecule has 0 bridgehead atoms. The van der Waals surface area contributed by atoms with Gasteiger partial charge in [-0.15, -0.1) is 0 Å². The third kappa shape index (κ3) is 2.84. The largest absolute Gasteiger partial charge is 0.490 e. The molecule has 2 aliphatic rings. The van der Waals surface area contributed by atoms with E-state index in [0.717, 1.165) is 31.6 Å². The molecule has 2 fully saturated rings. The van der Waals surface area contributed by atoms with Crippen LogP contribution in [0.1, 0.15) is 57.1 Å². The molecule has 0 radical (unpaired) electrons. The number of nitrogens with two attached hydrogens (primary N) is 1. The SMILES string of the molecule is CC[C@@H](N)c1ccc(OC2CCOC3(CCC3)C2)cc1. The molecule has 3 nitrogen and oxygen atoms in total. The average molecular weight is 275 g/mol. The molecular formula is C17H25NO2. The zero-order valence-corrected chi connectivity index (χ0v) is 12.3. The average Bonchev–Trinajstić information content (AvgIpc) is 2.46. The topological polar surface area (TPSA) is 44.5 Å². The fourth-order valence-corrected chi connectivity index (χ4v) is 3.22. The van der Waals surface area contributed by atoms with Crippen LogP contribution in [0, 0.1) is 0 Å². The molecule has 110 valence electrons. The zero-order valence-electron chi connectivity index (χ0n) is 12.3. The summed E-state index contributed by atoms with van der Waals surface area (Å²) < 4.78 is 12.1. The van der Waals surface area contributed by atoms with Crippen LogP contribution in [0.2, 0.25) is 0 Å². The van der Waals surface area contributed by atoms with Gasteiger partial charge in [0.25, 0.3) is 0 Å². The zero-order chi connectivity index (χ0) is 14.0. The van der Waals surface area contributed by atoms with Crippen molar-refractivity contribution in [3.05, 3.63) is 29.8 Å². The van der Waals surface area contributed by atoms with Gasteiger partial charge < -0.3 is 15.2 Å². The molecule has 1 heterocycles. The molecule has 1 aliphatic carbocycles. The maximum Gasteiger partial charge on any atom is 0.119 e. The molecule has 1 aliphatic heterocycles. The van der Waals surface area contributed by atoms with Crippen LogP contribution in [-0.4, -0.2) is 18.3 Å². The summed E-state index contributed by atoms with van der Waals surface area (Å²) in [6.07, 6.45) is 7.02. The van der Waals surface area contributed by atoms with Crippen LogP contribution in [-0.2, 0) is 4.74 Å². The summed E-state index contributed by atoms with van der Waals surface area (Å²) in [5.41, 5.74) is 7.36. The molecule has 2 N–H and O–H groups in total. The van der Waals surface area contributed by atoms with Crippen molar-refractivity contribution < 1.29 is 9.47 Å². The van der Waals surface area contributed by atoms with Crippen molar-refractivity contribution in [1.82, 2.24) is 0 Å². The van der Waals surface area contributed by atoms with Crippen molar-refractivity contribution in [3.8, 4) is 5.75 Å². The highest BCUT2D eigenvalue weighted by atomic mass is 16.5. The first-order valence-corrected chi connectivity index (χ1v) is 7.87. The summed E-state index contributed by atoms with van der Waals surface area (Å²) in [7, 11) is 0. The van der Waals surface area contributed by atoms with Gasteiger partial charge in [0.15, 0.2) is 0 Å². The van der Waals surface area contributed by atoms with Crippen LogP contribution in [0.5, 0.6) is 5.75 Å². The van der Waals surface area contributed by atoms with Crippen LogP contribution in [0.25, 0.3) is 0 Å². The molecular weight excluding hydrogens is 250 g/mol. The summed E-state index contributed by atoms with van der Waals surface area (Å²) in [5, 5.41) is 0. The van der Waals surface area contributed by atoms with E-state index in [1.165, 1.54) is 24.8 Å². The third-order valence-electron chi connectivity index (χ3n) is 4.76. The standard InChI is InChI=1S/C17H25NO2/c1-2-16(18)13-4-6-14(7-5-13)20-15-8-11-19-17(12-15)9-3-10-17/h4-7,15-16H,2-3,8-12,18H2,1H3/t15?,16-/m1/s1. The highest BCUT2D eigenvalue weighted by Crippen LogP contribution is 2.43. The molecule has 20 heavy (non-hydrogen) atoms. The Morgan fingerprint density at radius 1 is 1.35 bits per heavy atom. The number of rotatable bonds is 4. The second-order valence-corrected chi connectivity index (χ2v) is 6.20. The van der Waals surface area contributed by atoms with Crippen molar-refractivity contribution in [2.75, 3.05) is 6.61 Å². The normalized spacial score (nSPS) is 26.0. The Bertz CT molecular complexity index is 439. The molecule has 1 spiro atoms. The van der Waals surface area contributed by atoms with Crippen molar-refractivity contribution in [2.45, 2.75) is 63.2 Å². The van der Waals surface area contributed by atoms with Gasteiger partial charge in [-0.1, -0.05) is 19.1 Å². The molecule has 1 saturated carbocycles. The molecule has 0 aromatic heterocycles. The molecule has 1 aromatic rings. The van der Waals surface area contributed by atoms with Crippen LogP contribution in [0.4, 0.5) is 0 Å². The van der Waals surface area contributed by atoms with Crippen LogP contribution < -0.4 is 10.5 Å². The maximum absolute atomic E-state index is 6.13. The predicted molar refractivity (Wildman–Crippen MR) is 79.8 cm³/mol. The van der Waals surface area contributed by atoms with E-state index in [0.29, 0.717) is 6.10 Å². The lowest BCUT2D eigenvalue weighted by Crippen LogP contribution is -2.48. The van der Waals surface area contributed by atoms with Gasteiger partial charge in [0, 0.05) is 18.9 Å². The number of ether oxygens (including phenoxy) is 2. The van der Waals surface area contributed by atoms with Crippen molar-refractivity contribution in [3.63, 3.8) is 0 Å². The second-order valence-electron chi connectivity index (χ2n) is 6.20. The lowest BCUT2D eigenvalue weighted by atomic mass is 9.74. The minimum absolute atomic E-state index is 0.130. The minimum atomic E-state index is 0.130. The first kappa shape index (κ1) is 13.9. The summed E-state index contributed by atoms with van der Waals surface area (Å²) >= 11 is 0. The maximum atomic E-state index is 6.13. The highest BCUT2D eigenvalue weighted by Gasteiger charge is 2.43. The Morgan fingerprint density at radius 2 is 2.10 bits per heavy atom. The first-order chi connectivity index (χ1) is 9.71. The lowest BCUT2D eigenvalue weighted by molar-refractivity contribution is -0.153. The molecule has 1 aromatic carbocycles. The molecule has 3 heteroatoms. The molecule has 1 saturated heterocycles. The molecule has 2 atom stereocenters. The van der Waals surface area contributed by atoms with E-state index in [2.05, 4.69) is 19.1 Å². The van der Waals surface area contributed by atoms with Gasteiger partial charge in [0.2, 0.25) is 0 Å². The van der Waals surface area contributed by atoms with E-state index in [9.17, 15) is 0 Å². The van der Waals surface area contributed by atoms with Gasteiger partial charge in [0.05, 0.1) is 12.2 Å². The smallest absolute Gasteiger partial charge is 0.119 e. The van der Waals surface area contributed by atoms with Gasteiger partial charge >= 0.3 is 0 Å². The monoisotopic (exact) mass is 275 g/mol. The van der Waals surface area contributed by atoms with E-state index >= 15 is 0 Å². The summed E-state index contributed by atoms with van der Waals surface area (Å²) in [4.78, 5) is 0. The van der Waals surface area contributed by atoms with E-state index in [1.807, 2.05) is 12.1 Å².